The van der Waals surface area contributed by atoms with Gasteiger partial charge in [-0.25, -0.2) is 12.7 Å². The van der Waals surface area contributed by atoms with Crippen molar-refractivity contribution in [3.8, 4) is 0 Å². The number of aryl methyl sites for hydroxylation is 2. The summed E-state index contributed by atoms with van der Waals surface area (Å²) in [5.41, 5.74) is 2.04. The van der Waals surface area contributed by atoms with Crippen molar-refractivity contribution in [2.24, 2.45) is 0 Å². The molecule has 1 aliphatic rings. The number of rotatable bonds is 4. The average Bonchev–Trinajstić information content (AvgIpc) is 2.69. The summed E-state index contributed by atoms with van der Waals surface area (Å²) in [6, 6.07) is 0.0548. The van der Waals surface area contributed by atoms with E-state index < -0.39 is 10.0 Å². The number of piperidine rings is 1. The van der Waals surface area contributed by atoms with E-state index >= 15 is 0 Å². The molecule has 114 valence electrons. The molecule has 0 radical (unpaired) electrons. The maximum atomic E-state index is 11.6. The summed E-state index contributed by atoms with van der Waals surface area (Å²) in [6.45, 7) is 6.37. The molecule has 1 aromatic heterocycles. The lowest BCUT2D eigenvalue weighted by Crippen LogP contribution is -2.47. The summed E-state index contributed by atoms with van der Waals surface area (Å²) < 4.78 is 30.0. The van der Waals surface area contributed by atoms with Crippen LogP contribution in [0.4, 0.5) is 0 Å². The second-order valence-electron chi connectivity index (χ2n) is 5.61. The van der Waals surface area contributed by atoms with Gasteiger partial charge in [0.25, 0.3) is 0 Å². The molecule has 1 fully saturated rings. The molecule has 20 heavy (non-hydrogen) atoms. The fourth-order valence-electron chi connectivity index (χ4n) is 2.69. The first-order valence-electron chi connectivity index (χ1n) is 6.86. The lowest BCUT2D eigenvalue weighted by molar-refractivity contribution is 0.152. The van der Waals surface area contributed by atoms with Crippen molar-refractivity contribution in [3.05, 3.63) is 17.0 Å². The van der Waals surface area contributed by atoms with Gasteiger partial charge in [0.15, 0.2) is 0 Å². The molecule has 6 nitrogen and oxygen atoms in total. The standard InChI is InChI=1S/C13H23N3O3S/c1-10-13(11(2)19-14-10)9-16-7-5-6-12(8-16)15(3)20(4,17)18/h12H,5-9H2,1-4H3. The zero-order valence-electron chi connectivity index (χ0n) is 12.6. The third-order valence-electron chi connectivity index (χ3n) is 4.08. The fourth-order valence-corrected chi connectivity index (χ4v) is 3.41. The molecule has 2 rings (SSSR count). The smallest absolute Gasteiger partial charge is 0.211 e. The first kappa shape index (κ1) is 15.5. The van der Waals surface area contributed by atoms with Crippen LogP contribution in [0.25, 0.3) is 0 Å². The Morgan fingerprint density at radius 2 is 2.15 bits per heavy atom. The van der Waals surface area contributed by atoms with Gasteiger partial charge in [-0.2, -0.15) is 0 Å². The lowest BCUT2D eigenvalue weighted by Gasteiger charge is -2.36. The molecule has 1 aromatic rings. The van der Waals surface area contributed by atoms with Crippen LogP contribution >= 0.6 is 0 Å². The molecule has 1 atom stereocenters. The molecular weight excluding hydrogens is 278 g/mol. The van der Waals surface area contributed by atoms with E-state index in [2.05, 4.69) is 10.1 Å². The number of hydrogen-bond acceptors (Lipinski definition) is 5. The van der Waals surface area contributed by atoms with Crippen molar-refractivity contribution in [3.63, 3.8) is 0 Å². The third-order valence-corrected chi connectivity index (χ3v) is 5.43. The van der Waals surface area contributed by atoms with Gasteiger partial charge in [-0.3, -0.25) is 4.90 Å². The molecule has 0 spiro atoms. The van der Waals surface area contributed by atoms with Gasteiger partial charge in [0.2, 0.25) is 10.0 Å². The van der Waals surface area contributed by atoms with Gasteiger partial charge < -0.3 is 4.52 Å². The van der Waals surface area contributed by atoms with E-state index in [0.717, 1.165) is 49.5 Å². The Bertz CT molecular complexity index is 548. The van der Waals surface area contributed by atoms with Crippen molar-refractivity contribution in [2.45, 2.75) is 39.3 Å². The van der Waals surface area contributed by atoms with Gasteiger partial charge in [-0.05, 0) is 33.2 Å². The van der Waals surface area contributed by atoms with Crippen LogP contribution in [0.2, 0.25) is 0 Å². The number of likely N-dealkylation sites (N-methyl/N-ethyl adjacent to an activating group) is 1. The van der Waals surface area contributed by atoms with Crippen LogP contribution in [0.5, 0.6) is 0 Å². The molecule has 0 saturated carbocycles. The quantitative estimate of drug-likeness (QED) is 0.834. The van der Waals surface area contributed by atoms with Gasteiger partial charge in [0.05, 0.1) is 11.9 Å². The van der Waals surface area contributed by atoms with Crippen molar-refractivity contribution in [1.82, 2.24) is 14.4 Å². The average molecular weight is 301 g/mol. The Kier molecular flexibility index (Phi) is 4.51. The van der Waals surface area contributed by atoms with Gasteiger partial charge in [-0.15, -0.1) is 0 Å². The fraction of sp³-hybridized carbons (Fsp3) is 0.769. The summed E-state index contributed by atoms with van der Waals surface area (Å²) in [4.78, 5) is 2.28. The molecule has 7 heteroatoms. The zero-order valence-corrected chi connectivity index (χ0v) is 13.4. The van der Waals surface area contributed by atoms with Gasteiger partial charge >= 0.3 is 0 Å². The van der Waals surface area contributed by atoms with E-state index in [1.807, 2.05) is 13.8 Å². The van der Waals surface area contributed by atoms with E-state index in [1.54, 1.807) is 7.05 Å². The third kappa shape index (κ3) is 3.39. The Balaban J connectivity index is 2.04. The summed E-state index contributed by atoms with van der Waals surface area (Å²) in [6.07, 6.45) is 3.19. The minimum Gasteiger partial charge on any atom is -0.361 e. The van der Waals surface area contributed by atoms with Crippen LogP contribution < -0.4 is 0 Å². The second-order valence-corrected chi connectivity index (χ2v) is 7.66. The molecule has 1 aliphatic heterocycles. The summed E-state index contributed by atoms with van der Waals surface area (Å²) >= 11 is 0. The molecular formula is C13H23N3O3S. The van der Waals surface area contributed by atoms with Gasteiger partial charge in [0, 0.05) is 31.7 Å². The predicted octanol–water partition coefficient (Wildman–Crippen LogP) is 1.15. The highest BCUT2D eigenvalue weighted by atomic mass is 32.2. The van der Waals surface area contributed by atoms with Crippen LogP contribution in [-0.4, -0.2) is 55.2 Å². The monoisotopic (exact) mass is 301 g/mol. The van der Waals surface area contributed by atoms with Gasteiger partial charge in [-0.1, -0.05) is 5.16 Å². The first-order chi connectivity index (χ1) is 9.29. The number of hydrogen-bond donors (Lipinski definition) is 0. The summed E-state index contributed by atoms with van der Waals surface area (Å²) in [5, 5.41) is 3.97. The molecule has 0 bridgehead atoms. The largest absolute Gasteiger partial charge is 0.361 e. The molecule has 2 heterocycles. The minimum absolute atomic E-state index is 0.0548. The zero-order chi connectivity index (χ0) is 14.9. The summed E-state index contributed by atoms with van der Waals surface area (Å²) in [7, 11) is -1.46. The summed E-state index contributed by atoms with van der Waals surface area (Å²) in [5.74, 6) is 0.848. The Hall–Kier alpha value is -0.920. The van der Waals surface area contributed by atoms with E-state index in [0.29, 0.717) is 0 Å². The highest BCUT2D eigenvalue weighted by molar-refractivity contribution is 7.88. The number of sulfonamides is 1. The Morgan fingerprint density at radius 3 is 2.70 bits per heavy atom. The van der Waals surface area contributed by atoms with Crippen LogP contribution in [0.1, 0.15) is 29.9 Å². The highest BCUT2D eigenvalue weighted by Crippen LogP contribution is 2.21. The lowest BCUT2D eigenvalue weighted by atomic mass is 10.0. The SMILES string of the molecule is Cc1noc(C)c1CN1CCCC(N(C)S(C)(=O)=O)C1. The maximum Gasteiger partial charge on any atom is 0.211 e. The second kappa shape index (κ2) is 5.83. The van der Waals surface area contributed by atoms with E-state index in [1.165, 1.54) is 10.6 Å². The van der Waals surface area contributed by atoms with Crippen LogP contribution in [0.15, 0.2) is 4.52 Å². The van der Waals surface area contributed by atoms with Gasteiger partial charge in [0.1, 0.15) is 5.76 Å². The van der Waals surface area contributed by atoms with E-state index in [9.17, 15) is 8.42 Å². The number of aromatic nitrogens is 1. The van der Waals surface area contributed by atoms with Crippen molar-refractivity contribution >= 4 is 10.0 Å². The highest BCUT2D eigenvalue weighted by Gasteiger charge is 2.28. The molecule has 1 unspecified atom stereocenters. The molecule has 0 N–H and O–H groups in total. The molecule has 0 aromatic carbocycles. The minimum atomic E-state index is -3.13. The number of nitrogens with zero attached hydrogens (tertiary/aromatic N) is 3. The Labute approximate surface area is 120 Å². The van der Waals surface area contributed by atoms with E-state index in [4.69, 9.17) is 4.52 Å². The topological polar surface area (TPSA) is 66.7 Å². The molecule has 0 aliphatic carbocycles. The predicted molar refractivity (Wildman–Crippen MR) is 76.9 cm³/mol. The van der Waals surface area contributed by atoms with Crippen LogP contribution in [0.3, 0.4) is 0 Å². The van der Waals surface area contributed by atoms with E-state index in [-0.39, 0.29) is 6.04 Å². The van der Waals surface area contributed by atoms with Crippen LogP contribution in [-0.2, 0) is 16.6 Å². The van der Waals surface area contributed by atoms with Crippen molar-refractivity contribution in [2.75, 3.05) is 26.4 Å². The first-order valence-corrected chi connectivity index (χ1v) is 8.71. The van der Waals surface area contributed by atoms with Crippen molar-refractivity contribution < 1.29 is 12.9 Å². The molecule has 1 saturated heterocycles. The van der Waals surface area contributed by atoms with Crippen molar-refractivity contribution in [1.29, 1.82) is 0 Å². The maximum absolute atomic E-state index is 11.6. The van der Waals surface area contributed by atoms with Crippen LogP contribution in [0, 0.1) is 13.8 Å². The molecule has 0 amide bonds. The Morgan fingerprint density at radius 1 is 1.45 bits per heavy atom. The number of likely N-dealkylation sites (tertiary alicyclic amines) is 1. The normalized spacial score (nSPS) is 21.6.